The van der Waals surface area contributed by atoms with E-state index in [1.54, 1.807) is 0 Å². The summed E-state index contributed by atoms with van der Waals surface area (Å²) in [6.45, 7) is 2.53. The number of ether oxygens (including phenoxy) is 1. The fourth-order valence-corrected chi connectivity index (χ4v) is 1.17. The highest BCUT2D eigenvalue weighted by molar-refractivity contribution is 5.40. The second kappa shape index (κ2) is 3.37. The molecule has 0 fully saturated rings. The molecule has 0 amide bonds. The molecule has 1 aliphatic carbocycles. The molecule has 0 bridgehead atoms. The Morgan fingerprint density at radius 1 is 1.64 bits per heavy atom. The minimum atomic E-state index is -0.365. The number of hydrogen-bond donors (Lipinski definition) is 0. The molecule has 0 saturated carbocycles. The molecule has 60 valence electrons. The van der Waals surface area contributed by atoms with Crippen LogP contribution in [0.25, 0.3) is 0 Å². The van der Waals surface area contributed by atoms with Crippen LogP contribution in [0.15, 0.2) is 24.3 Å². The number of carbonyl (C=O) groups excluding carboxylic acids is 1. The van der Waals surface area contributed by atoms with Crippen LogP contribution in [-0.2, 0) is 9.53 Å². The summed E-state index contributed by atoms with van der Waals surface area (Å²) in [5.74, 6) is 0. The van der Waals surface area contributed by atoms with Crippen LogP contribution in [-0.4, -0.2) is 12.1 Å². The maximum Gasteiger partial charge on any atom is 0.293 e. The lowest BCUT2D eigenvalue weighted by Gasteiger charge is -2.27. The van der Waals surface area contributed by atoms with Gasteiger partial charge in [0.25, 0.3) is 6.47 Å². The Bertz CT molecular complexity index is 190. The second-order valence-corrected chi connectivity index (χ2v) is 2.62. The average Bonchev–Trinajstić information content (AvgIpc) is 2.07. The molecule has 0 heterocycles. The van der Waals surface area contributed by atoms with E-state index in [-0.39, 0.29) is 5.60 Å². The SMILES string of the molecule is CCC1(OC=O)C=CC=CC1. The van der Waals surface area contributed by atoms with Crippen molar-refractivity contribution in [3.63, 3.8) is 0 Å². The molecule has 0 spiro atoms. The highest BCUT2D eigenvalue weighted by Gasteiger charge is 2.25. The highest BCUT2D eigenvalue weighted by atomic mass is 16.5. The van der Waals surface area contributed by atoms with Crippen molar-refractivity contribution in [2.75, 3.05) is 0 Å². The van der Waals surface area contributed by atoms with Crippen LogP contribution < -0.4 is 0 Å². The van der Waals surface area contributed by atoms with Gasteiger partial charge in [-0.15, -0.1) is 0 Å². The van der Waals surface area contributed by atoms with Crippen molar-refractivity contribution in [3.8, 4) is 0 Å². The summed E-state index contributed by atoms with van der Waals surface area (Å²) in [5, 5.41) is 0. The molecule has 1 aliphatic rings. The molecular formula is C9H12O2. The Labute approximate surface area is 66.5 Å². The standard InChI is InChI=1S/C9H12O2/c1-2-9(11-8-10)6-4-3-5-7-9/h3-6,8H,2,7H2,1H3. The van der Waals surface area contributed by atoms with Gasteiger partial charge in [0.15, 0.2) is 0 Å². The molecule has 1 unspecified atom stereocenters. The molecule has 0 aliphatic heterocycles. The fraction of sp³-hybridized carbons (Fsp3) is 0.444. The normalized spacial score (nSPS) is 28.5. The third-order valence-electron chi connectivity index (χ3n) is 1.99. The number of allylic oxidation sites excluding steroid dienone is 2. The molecule has 0 aromatic heterocycles. The Hall–Kier alpha value is -1.05. The zero-order chi connectivity index (χ0) is 8.16. The first-order valence-corrected chi connectivity index (χ1v) is 3.79. The van der Waals surface area contributed by atoms with E-state index in [9.17, 15) is 4.79 Å². The molecular weight excluding hydrogens is 140 g/mol. The second-order valence-electron chi connectivity index (χ2n) is 2.62. The lowest BCUT2D eigenvalue weighted by Crippen LogP contribution is -2.29. The molecule has 0 radical (unpaired) electrons. The van der Waals surface area contributed by atoms with Gasteiger partial charge in [-0.25, -0.2) is 0 Å². The van der Waals surface area contributed by atoms with E-state index in [2.05, 4.69) is 0 Å². The van der Waals surface area contributed by atoms with Crippen LogP contribution in [0, 0.1) is 0 Å². The van der Waals surface area contributed by atoms with Gasteiger partial charge in [-0.3, -0.25) is 4.79 Å². The summed E-state index contributed by atoms with van der Waals surface area (Å²) < 4.78 is 5.00. The Morgan fingerprint density at radius 3 is 2.91 bits per heavy atom. The Balaban J connectivity index is 2.67. The Morgan fingerprint density at radius 2 is 2.45 bits per heavy atom. The smallest absolute Gasteiger partial charge is 0.293 e. The first-order chi connectivity index (χ1) is 5.33. The first kappa shape index (κ1) is 8.05. The summed E-state index contributed by atoms with van der Waals surface area (Å²) in [6, 6.07) is 0. The van der Waals surface area contributed by atoms with Crippen molar-refractivity contribution in [1.82, 2.24) is 0 Å². The third-order valence-corrected chi connectivity index (χ3v) is 1.99. The predicted molar refractivity (Wildman–Crippen MR) is 43.1 cm³/mol. The molecule has 11 heavy (non-hydrogen) atoms. The van der Waals surface area contributed by atoms with Crippen LogP contribution in [0.4, 0.5) is 0 Å². The van der Waals surface area contributed by atoms with E-state index in [1.165, 1.54) is 0 Å². The van der Waals surface area contributed by atoms with Crippen LogP contribution in [0.2, 0.25) is 0 Å². The molecule has 1 rings (SSSR count). The third kappa shape index (κ3) is 1.70. The lowest BCUT2D eigenvalue weighted by atomic mass is 9.92. The maximum absolute atomic E-state index is 10.2. The van der Waals surface area contributed by atoms with E-state index < -0.39 is 0 Å². The van der Waals surface area contributed by atoms with Crippen molar-refractivity contribution < 1.29 is 9.53 Å². The number of carbonyl (C=O) groups is 1. The number of rotatable bonds is 3. The van der Waals surface area contributed by atoms with E-state index in [0.717, 1.165) is 12.8 Å². The monoisotopic (exact) mass is 152 g/mol. The van der Waals surface area contributed by atoms with Crippen molar-refractivity contribution in [1.29, 1.82) is 0 Å². The van der Waals surface area contributed by atoms with Crippen LogP contribution in [0.1, 0.15) is 19.8 Å². The molecule has 2 heteroatoms. The number of hydrogen-bond acceptors (Lipinski definition) is 2. The van der Waals surface area contributed by atoms with Crippen LogP contribution in [0.5, 0.6) is 0 Å². The zero-order valence-electron chi connectivity index (χ0n) is 6.62. The van der Waals surface area contributed by atoms with Crippen LogP contribution in [0.3, 0.4) is 0 Å². The maximum atomic E-state index is 10.2. The zero-order valence-corrected chi connectivity index (χ0v) is 6.62. The quantitative estimate of drug-likeness (QED) is 0.576. The molecule has 0 N–H and O–H groups in total. The van der Waals surface area contributed by atoms with Gasteiger partial charge in [0.1, 0.15) is 5.60 Å². The average molecular weight is 152 g/mol. The minimum absolute atomic E-state index is 0.365. The van der Waals surface area contributed by atoms with Gasteiger partial charge in [0.05, 0.1) is 0 Å². The predicted octanol–water partition coefficient (Wildman–Crippen LogP) is 1.82. The summed E-state index contributed by atoms with van der Waals surface area (Å²) in [6.07, 6.45) is 9.43. The van der Waals surface area contributed by atoms with Crippen LogP contribution >= 0.6 is 0 Å². The molecule has 0 aromatic rings. The fourth-order valence-electron chi connectivity index (χ4n) is 1.17. The van der Waals surface area contributed by atoms with E-state index in [4.69, 9.17) is 4.74 Å². The first-order valence-electron chi connectivity index (χ1n) is 3.79. The largest absolute Gasteiger partial charge is 0.457 e. The summed E-state index contributed by atoms with van der Waals surface area (Å²) in [4.78, 5) is 10.2. The topological polar surface area (TPSA) is 26.3 Å². The minimum Gasteiger partial charge on any atom is -0.457 e. The van der Waals surface area contributed by atoms with E-state index in [0.29, 0.717) is 6.47 Å². The van der Waals surface area contributed by atoms with Gasteiger partial charge < -0.3 is 4.74 Å². The lowest BCUT2D eigenvalue weighted by molar-refractivity contribution is -0.139. The van der Waals surface area contributed by atoms with Crippen molar-refractivity contribution in [2.24, 2.45) is 0 Å². The summed E-state index contributed by atoms with van der Waals surface area (Å²) >= 11 is 0. The van der Waals surface area contributed by atoms with Gasteiger partial charge in [0.2, 0.25) is 0 Å². The van der Waals surface area contributed by atoms with Gasteiger partial charge in [-0.05, 0) is 12.5 Å². The Kier molecular flexibility index (Phi) is 2.47. The summed E-state index contributed by atoms with van der Waals surface area (Å²) in [5.41, 5.74) is -0.365. The van der Waals surface area contributed by atoms with E-state index >= 15 is 0 Å². The van der Waals surface area contributed by atoms with E-state index in [1.807, 2.05) is 31.2 Å². The van der Waals surface area contributed by atoms with Gasteiger partial charge in [-0.2, -0.15) is 0 Å². The molecule has 1 atom stereocenters. The highest BCUT2D eigenvalue weighted by Crippen LogP contribution is 2.24. The van der Waals surface area contributed by atoms with Crippen molar-refractivity contribution in [3.05, 3.63) is 24.3 Å². The van der Waals surface area contributed by atoms with Gasteiger partial charge >= 0.3 is 0 Å². The molecule has 0 saturated heterocycles. The summed E-state index contributed by atoms with van der Waals surface area (Å²) in [7, 11) is 0. The molecule has 0 aromatic carbocycles. The van der Waals surface area contributed by atoms with Crippen molar-refractivity contribution >= 4 is 6.47 Å². The van der Waals surface area contributed by atoms with Gasteiger partial charge in [-0.1, -0.05) is 25.2 Å². The van der Waals surface area contributed by atoms with Crippen molar-refractivity contribution in [2.45, 2.75) is 25.4 Å². The molecule has 2 nitrogen and oxygen atoms in total. The van der Waals surface area contributed by atoms with Gasteiger partial charge in [0, 0.05) is 6.42 Å².